The van der Waals surface area contributed by atoms with E-state index in [2.05, 4.69) is 6.92 Å². The third kappa shape index (κ3) is 17.2. The van der Waals surface area contributed by atoms with Crippen LogP contribution in [0.25, 0.3) is 0 Å². The van der Waals surface area contributed by atoms with Gasteiger partial charge in [-0.1, -0.05) is 90.4 Å². The molecule has 1 N–H and O–H groups in total. The van der Waals surface area contributed by atoms with Gasteiger partial charge >= 0.3 is 7.82 Å². The Kier molecular flexibility index (Phi) is 17.1. The van der Waals surface area contributed by atoms with Gasteiger partial charge in [-0.25, -0.2) is 4.57 Å². The number of nitrogens with zero attached hydrogens (tertiary/aromatic N) is 2. The summed E-state index contributed by atoms with van der Waals surface area (Å²) in [5.41, 5.74) is 1.01. The number of quaternary nitrogens is 1. The van der Waals surface area contributed by atoms with Crippen molar-refractivity contribution < 1.29 is 27.9 Å². The van der Waals surface area contributed by atoms with Gasteiger partial charge in [-0.05, 0) is 18.6 Å². The number of hydrogen-bond donors (Lipinski definition) is 1. The molecule has 1 aromatic carbocycles. The van der Waals surface area contributed by atoms with Gasteiger partial charge in [-0.15, -0.1) is 0 Å². The van der Waals surface area contributed by atoms with E-state index in [1.807, 2.05) is 14.1 Å². The number of rotatable bonds is 23. The van der Waals surface area contributed by atoms with E-state index in [9.17, 15) is 19.6 Å². The highest BCUT2D eigenvalue weighted by Gasteiger charge is 2.24. The second-order valence-corrected chi connectivity index (χ2v) is 11.9. The molecule has 0 saturated heterocycles. The molecule has 9 heteroatoms. The van der Waals surface area contributed by atoms with Crippen LogP contribution >= 0.6 is 7.82 Å². The summed E-state index contributed by atoms with van der Waals surface area (Å²) in [5.74, 6) is 0. The molecule has 0 heterocycles. The van der Waals surface area contributed by atoms with Gasteiger partial charge in [-0.3, -0.25) is 19.2 Å². The van der Waals surface area contributed by atoms with Crippen molar-refractivity contribution in [2.75, 3.05) is 33.9 Å². The topological polar surface area (TPSA) is 98.9 Å². The van der Waals surface area contributed by atoms with E-state index >= 15 is 0 Å². The Hall–Kier alpha value is -1.31. The molecule has 0 saturated carbocycles. The molecule has 0 spiro atoms. The summed E-state index contributed by atoms with van der Waals surface area (Å²) >= 11 is 0. The Morgan fingerprint density at radius 3 is 1.72 bits per heavy atom. The van der Waals surface area contributed by atoms with Crippen LogP contribution in [-0.4, -0.2) is 48.2 Å². The first-order valence-electron chi connectivity index (χ1n) is 13.8. The fraction of sp³-hybridized carbons (Fsp3) is 0.778. The van der Waals surface area contributed by atoms with Gasteiger partial charge in [0.2, 0.25) is 0 Å². The summed E-state index contributed by atoms with van der Waals surface area (Å²) in [6, 6.07) is 6.43. The molecule has 0 amide bonds. The van der Waals surface area contributed by atoms with Gasteiger partial charge in [0.05, 0.1) is 25.6 Å². The number of phosphoric acid groups is 1. The summed E-state index contributed by atoms with van der Waals surface area (Å²) in [6.07, 6.45) is 17.6. The number of nitro groups is 1. The minimum absolute atomic E-state index is 0.0598. The van der Waals surface area contributed by atoms with Crippen molar-refractivity contribution >= 4 is 13.5 Å². The Bertz CT molecular complexity index is 757. The first-order chi connectivity index (χ1) is 17.2. The zero-order chi connectivity index (χ0) is 26.7. The van der Waals surface area contributed by atoms with Crippen molar-refractivity contribution in [3.05, 3.63) is 39.9 Å². The van der Waals surface area contributed by atoms with Crippen LogP contribution in [0.3, 0.4) is 0 Å². The fourth-order valence-electron chi connectivity index (χ4n) is 4.21. The molecule has 208 valence electrons. The molecule has 1 atom stereocenters. The number of likely N-dealkylation sites (N-methyl/N-ethyl adjacent to an activating group) is 1. The van der Waals surface area contributed by atoms with Gasteiger partial charge < -0.3 is 9.38 Å². The summed E-state index contributed by atoms with van der Waals surface area (Å²) in [4.78, 5) is 20.3. The third-order valence-electron chi connectivity index (χ3n) is 6.46. The first-order valence-corrected chi connectivity index (χ1v) is 15.3. The van der Waals surface area contributed by atoms with E-state index in [4.69, 9.17) is 9.05 Å². The van der Waals surface area contributed by atoms with E-state index in [0.29, 0.717) is 17.6 Å². The average molecular weight is 530 g/mol. The standard InChI is InChI=1S/C27H49N2O6P/c1-4-5-6-7-8-9-10-11-12-13-14-15-16-17-23-34-36(32,33)35-24-22-29(2,3)25-26-18-20-27(21-19-26)28(30)31/h18-21H,4-17,22-25H2,1-3H3/p+1. The monoisotopic (exact) mass is 529 g/mol. The minimum atomic E-state index is -4.05. The SMILES string of the molecule is CCCCCCCCCCCCCCCCOP(=O)(O)OCC[N+](C)(C)Cc1ccc([N+](=O)[O-])cc1. The molecule has 8 nitrogen and oxygen atoms in total. The highest BCUT2D eigenvalue weighted by atomic mass is 31.2. The van der Waals surface area contributed by atoms with Crippen LogP contribution in [0.5, 0.6) is 0 Å². The van der Waals surface area contributed by atoms with Crippen LogP contribution in [0.15, 0.2) is 24.3 Å². The molecule has 1 rings (SSSR count). The smallest absolute Gasteiger partial charge is 0.323 e. The molecule has 36 heavy (non-hydrogen) atoms. The molecule has 1 unspecified atom stereocenters. The van der Waals surface area contributed by atoms with Gasteiger partial charge in [0.25, 0.3) is 5.69 Å². The Labute approximate surface area is 218 Å². The lowest BCUT2D eigenvalue weighted by Crippen LogP contribution is -2.41. The predicted octanol–water partition coefficient (Wildman–Crippen LogP) is 7.79. The molecule has 0 aliphatic rings. The first kappa shape index (κ1) is 32.7. The molecule has 0 bridgehead atoms. The van der Waals surface area contributed by atoms with Crippen molar-refractivity contribution in [1.29, 1.82) is 0 Å². The average Bonchev–Trinajstić information content (AvgIpc) is 2.81. The zero-order valence-electron chi connectivity index (χ0n) is 22.9. The molecular formula is C27H50N2O6P+. The van der Waals surface area contributed by atoms with E-state index in [-0.39, 0.29) is 18.9 Å². The van der Waals surface area contributed by atoms with Crippen molar-refractivity contribution in [3.63, 3.8) is 0 Å². The van der Waals surface area contributed by atoms with Gasteiger partial charge in [0.15, 0.2) is 0 Å². The zero-order valence-corrected chi connectivity index (χ0v) is 23.8. The highest BCUT2D eigenvalue weighted by molar-refractivity contribution is 7.47. The lowest BCUT2D eigenvalue weighted by Gasteiger charge is -2.29. The maximum atomic E-state index is 12.1. The number of non-ortho nitro benzene ring substituents is 1. The Balaban J connectivity index is 2.03. The predicted molar refractivity (Wildman–Crippen MR) is 146 cm³/mol. The second kappa shape index (κ2) is 18.9. The van der Waals surface area contributed by atoms with Crippen LogP contribution in [0, 0.1) is 10.1 Å². The Morgan fingerprint density at radius 1 is 0.806 bits per heavy atom. The van der Waals surface area contributed by atoms with E-state index in [0.717, 1.165) is 24.8 Å². The number of unbranched alkanes of at least 4 members (excludes halogenated alkanes) is 13. The van der Waals surface area contributed by atoms with Crippen molar-refractivity contribution in [2.45, 2.75) is 103 Å². The summed E-state index contributed by atoms with van der Waals surface area (Å²) < 4.78 is 22.9. The molecule has 0 aliphatic carbocycles. The lowest BCUT2D eigenvalue weighted by molar-refractivity contribution is -0.903. The highest BCUT2D eigenvalue weighted by Crippen LogP contribution is 2.43. The van der Waals surface area contributed by atoms with Crippen molar-refractivity contribution in [2.24, 2.45) is 0 Å². The molecule has 0 fully saturated rings. The van der Waals surface area contributed by atoms with Crippen molar-refractivity contribution in [3.8, 4) is 0 Å². The number of hydrogen-bond acceptors (Lipinski definition) is 5. The quantitative estimate of drug-likeness (QED) is 0.0511. The van der Waals surface area contributed by atoms with Crippen LogP contribution in [0.2, 0.25) is 0 Å². The van der Waals surface area contributed by atoms with Gasteiger partial charge in [-0.2, -0.15) is 0 Å². The van der Waals surface area contributed by atoms with E-state index < -0.39 is 12.7 Å². The number of benzene rings is 1. The minimum Gasteiger partial charge on any atom is -0.323 e. The maximum absolute atomic E-state index is 12.1. The van der Waals surface area contributed by atoms with Gasteiger partial charge in [0, 0.05) is 17.7 Å². The van der Waals surface area contributed by atoms with Gasteiger partial charge in [0.1, 0.15) is 19.7 Å². The summed E-state index contributed by atoms with van der Waals surface area (Å²) in [7, 11) is -0.100. The largest absolute Gasteiger partial charge is 0.472 e. The van der Waals surface area contributed by atoms with Crippen molar-refractivity contribution in [1.82, 2.24) is 0 Å². The number of nitro benzene ring substituents is 1. The van der Waals surface area contributed by atoms with Crippen LogP contribution in [0.4, 0.5) is 5.69 Å². The maximum Gasteiger partial charge on any atom is 0.472 e. The molecule has 0 aromatic heterocycles. The van der Waals surface area contributed by atoms with Crippen LogP contribution in [0.1, 0.15) is 102 Å². The second-order valence-electron chi connectivity index (χ2n) is 10.5. The normalized spacial score (nSPS) is 13.6. The molecule has 0 radical (unpaired) electrons. The molecule has 1 aromatic rings. The molecule has 0 aliphatic heterocycles. The van der Waals surface area contributed by atoms with Crippen LogP contribution < -0.4 is 0 Å². The van der Waals surface area contributed by atoms with Crippen LogP contribution in [-0.2, 0) is 20.2 Å². The third-order valence-corrected chi connectivity index (χ3v) is 7.48. The Morgan fingerprint density at radius 2 is 1.25 bits per heavy atom. The molecular weight excluding hydrogens is 479 g/mol. The van der Waals surface area contributed by atoms with E-state index in [1.54, 1.807) is 12.1 Å². The van der Waals surface area contributed by atoms with E-state index in [1.165, 1.54) is 82.8 Å². The summed E-state index contributed by atoms with van der Waals surface area (Å²) in [5, 5.41) is 10.8. The lowest BCUT2D eigenvalue weighted by atomic mass is 10.0. The fourth-order valence-corrected chi connectivity index (χ4v) is 4.96. The number of phosphoric ester groups is 1. The summed E-state index contributed by atoms with van der Waals surface area (Å²) in [6.45, 7) is 3.70.